The van der Waals surface area contributed by atoms with Gasteiger partial charge < -0.3 is 14.6 Å². The summed E-state index contributed by atoms with van der Waals surface area (Å²) in [6, 6.07) is 0. The Morgan fingerprint density at radius 3 is 2.71 bits per heavy atom. The van der Waals surface area contributed by atoms with E-state index < -0.39 is 18.2 Å². The van der Waals surface area contributed by atoms with Gasteiger partial charge in [-0.25, -0.2) is 4.79 Å². The van der Waals surface area contributed by atoms with Crippen LogP contribution >= 0.6 is 0 Å². The van der Waals surface area contributed by atoms with Crippen LogP contribution in [0, 0.1) is 0 Å². The minimum atomic E-state index is -0.752. The van der Waals surface area contributed by atoms with Gasteiger partial charge in [-0.05, 0) is 19.1 Å². The number of hydrogen-bond donors (Lipinski definition) is 1. The average Bonchev–Trinajstić information content (AvgIpc) is 2.84. The lowest BCUT2D eigenvalue weighted by molar-refractivity contribution is -0.146. The SMILES string of the molecule is CC1OC1C=CC1OC(=O)C=CC1O. The van der Waals surface area contributed by atoms with Gasteiger partial charge in [0.15, 0.2) is 0 Å². The van der Waals surface area contributed by atoms with Crippen molar-refractivity contribution in [3.05, 3.63) is 24.3 Å². The van der Waals surface area contributed by atoms with Crippen molar-refractivity contribution in [2.75, 3.05) is 0 Å². The molecule has 1 fully saturated rings. The Hall–Kier alpha value is -1.13. The fraction of sp³-hybridized carbons (Fsp3) is 0.500. The van der Waals surface area contributed by atoms with Crippen LogP contribution < -0.4 is 0 Å². The summed E-state index contributed by atoms with van der Waals surface area (Å²) in [5.74, 6) is -0.422. The van der Waals surface area contributed by atoms with E-state index in [1.54, 1.807) is 6.08 Å². The van der Waals surface area contributed by atoms with E-state index in [0.717, 1.165) is 0 Å². The van der Waals surface area contributed by atoms with Crippen LogP contribution in [0.1, 0.15) is 6.92 Å². The highest BCUT2D eigenvalue weighted by molar-refractivity contribution is 5.83. The van der Waals surface area contributed by atoms with Crippen LogP contribution in [0.4, 0.5) is 0 Å². The molecular formula is C10H12O4. The number of hydrogen-bond acceptors (Lipinski definition) is 4. The topological polar surface area (TPSA) is 59.1 Å². The van der Waals surface area contributed by atoms with Gasteiger partial charge in [-0.3, -0.25) is 0 Å². The van der Waals surface area contributed by atoms with Crippen molar-refractivity contribution in [2.24, 2.45) is 0 Å². The third-order valence-electron chi connectivity index (χ3n) is 2.27. The smallest absolute Gasteiger partial charge is 0.331 e. The van der Waals surface area contributed by atoms with Crippen molar-refractivity contribution in [3.8, 4) is 0 Å². The standard InChI is InChI=1S/C10H12O4/c1-6-8(13-6)3-4-9-7(11)2-5-10(12)14-9/h2-9,11H,1H3. The average molecular weight is 196 g/mol. The Morgan fingerprint density at radius 1 is 1.43 bits per heavy atom. The second-order valence-corrected chi connectivity index (χ2v) is 3.44. The largest absolute Gasteiger partial charge is 0.452 e. The molecule has 4 heteroatoms. The highest BCUT2D eigenvalue weighted by atomic mass is 16.6. The maximum Gasteiger partial charge on any atom is 0.331 e. The van der Waals surface area contributed by atoms with E-state index in [2.05, 4.69) is 0 Å². The molecule has 0 bridgehead atoms. The molecular weight excluding hydrogens is 184 g/mol. The fourth-order valence-electron chi connectivity index (χ4n) is 1.31. The summed E-state index contributed by atoms with van der Waals surface area (Å²) in [7, 11) is 0. The molecule has 0 aromatic heterocycles. The number of ether oxygens (including phenoxy) is 2. The molecule has 4 nitrogen and oxygen atoms in total. The Balaban J connectivity index is 1.94. The third kappa shape index (κ3) is 2.02. The summed E-state index contributed by atoms with van der Waals surface area (Å²) in [4.78, 5) is 10.9. The number of carbonyl (C=O) groups is 1. The molecule has 2 heterocycles. The molecule has 0 radical (unpaired) electrons. The van der Waals surface area contributed by atoms with Gasteiger partial charge in [0.1, 0.15) is 18.3 Å². The minimum absolute atomic E-state index is 0.104. The molecule has 0 amide bonds. The van der Waals surface area contributed by atoms with Crippen LogP contribution in [-0.4, -0.2) is 35.5 Å². The molecule has 0 aromatic rings. The molecule has 2 rings (SSSR count). The van der Waals surface area contributed by atoms with Crippen molar-refractivity contribution in [1.82, 2.24) is 0 Å². The van der Waals surface area contributed by atoms with E-state index in [1.165, 1.54) is 12.2 Å². The Morgan fingerprint density at radius 2 is 2.07 bits per heavy atom. The van der Waals surface area contributed by atoms with Gasteiger partial charge in [0.25, 0.3) is 0 Å². The van der Waals surface area contributed by atoms with Crippen LogP contribution in [0.25, 0.3) is 0 Å². The first-order chi connectivity index (χ1) is 6.66. The molecule has 1 saturated heterocycles. The summed E-state index contributed by atoms with van der Waals surface area (Å²) in [6.45, 7) is 1.96. The van der Waals surface area contributed by atoms with Crippen LogP contribution in [-0.2, 0) is 14.3 Å². The maximum atomic E-state index is 10.9. The summed E-state index contributed by atoms with van der Waals surface area (Å²) >= 11 is 0. The molecule has 2 aliphatic rings. The van der Waals surface area contributed by atoms with Gasteiger partial charge in [-0.1, -0.05) is 6.08 Å². The van der Waals surface area contributed by atoms with E-state index >= 15 is 0 Å². The Bertz CT molecular complexity index is 294. The van der Waals surface area contributed by atoms with Crippen molar-refractivity contribution in [1.29, 1.82) is 0 Å². The van der Waals surface area contributed by atoms with E-state index in [1.807, 2.05) is 13.0 Å². The number of carbonyl (C=O) groups excluding carboxylic acids is 1. The Labute approximate surface area is 81.8 Å². The molecule has 4 atom stereocenters. The van der Waals surface area contributed by atoms with Crippen LogP contribution in [0.15, 0.2) is 24.3 Å². The fourth-order valence-corrected chi connectivity index (χ4v) is 1.31. The molecule has 14 heavy (non-hydrogen) atoms. The van der Waals surface area contributed by atoms with Crippen LogP contribution in [0.2, 0.25) is 0 Å². The van der Waals surface area contributed by atoms with E-state index in [9.17, 15) is 9.90 Å². The van der Waals surface area contributed by atoms with Gasteiger partial charge in [0, 0.05) is 6.08 Å². The lowest BCUT2D eigenvalue weighted by Crippen LogP contribution is -2.31. The number of esters is 1. The number of rotatable bonds is 2. The van der Waals surface area contributed by atoms with Gasteiger partial charge >= 0.3 is 5.97 Å². The third-order valence-corrected chi connectivity index (χ3v) is 2.27. The molecule has 0 saturated carbocycles. The molecule has 0 spiro atoms. The highest BCUT2D eigenvalue weighted by Crippen LogP contribution is 2.23. The lowest BCUT2D eigenvalue weighted by Gasteiger charge is -2.20. The molecule has 1 N–H and O–H groups in total. The Kier molecular flexibility index (Phi) is 2.39. The first kappa shape index (κ1) is 9.43. The monoisotopic (exact) mass is 196 g/mol. The molecule has 0 aliphatic carbocycles. The zero-order valence-electron chi connectivity index (χ0n) is 7.79. The van der Waals surface area contributed by atoms with E-state index in [-0.39, 0.29) is 12.2 Å². The van der Waals surface area contributed by atoms with Gasteiger partial charge in [0.05, 0.1) is 6.10 Å². The normalized spacial score (nSPS) is 41.4. The zero-order chi connectivity index (χ0) is 10.1. The molecule has 2 aliphatic heterocycles. The molecule has 0 aromatic carbocycles. The minimum Gasteiger partial charge on any atom is -0.452 e. The quantitative estimate of drug-likeness (QED) is 0.388. The molecule has 4 unspecified atom stereocenters. The second-order valence-electron chi connectivity index (χ2n) is 3.44. The summed E-state index contributed by atoms with van der Waals surface area (Å²) in [5, 5.41) is 9.43. The highest BCUT2D eigenvalue weighted by Gasteiger charge is 2.32. The van der Waals surface area contributed by atoms with Crippen molar-refractivity contribution < 1.29 is 19.4 Å². The van der Waals surface area contributed by atoms with Crippen LogP contribution in [0.3, 0.4) is 0 Å². The summed E-state index contributed by atoms with van der Waals surface area (Å²) < 4.78 is 10.0. The van der Waals surface area contributed by atoms with Gasteiger partial charge in [-0.2, -0.15) is 0 Å². The first-order valence-electron chi connectivity index (χ1n) is 4.57. The van der Waals surface area contributed by atoms with Crippen molar-refractivity contribution in [2.45, 2.75) is 31.3 Å². The molecule has 76 valence electrons. The number of aliphatic hydroxyl groups excluding tert-OH is 1. The van der Waals surface area contributed by atoms with Crippen molar-refractivity contribution >= 4 is 5.97 Å². The van der Waals surface area contributed by atoms with Gasteiger partial charge in [0.2, 0.25) is 0 Å². The maximum absolute atomic E-state index is 10.9. The van der Waals surface area contributed by atoms with E-state index in [0.29, 0.717) is 0 Å². The van der Waals surface area contributed by atoms with Gasteiger partial charge in [-0.15, -0.1) is 0 Å². The van der Waals surface area contributed by atoms with Crippen LogP contribution in [0.5, 0.6) is 0 Å². The predicted octanol–water partition coefficient (Wildman–Crippen LogP) is 0.172. The lowest BCUT2D eigenvalue weighted by atomic mass is 10.1. The summed E-state index contributed by atoms with van der Waals surface area (Å²) in [6.07, 6.45) is 5.14. The van der Waals surface area contributed by atoms with Crippen molar-refractivity contribution in [3.63, 3.8) is 0 Å². The number of aliphatic hydroxyl groups is 1. The predicted molar refractivity (Wildman–Crippen MR) is 48.5 cm³/mol. The zero-order valence-corrected chi connectivity index (χ0v) is 7.79. The first-order valence-corrected chi connectivity index (χ1v) is 4.57. The number of cyclic esters (lactones) is 1. The number of epoxide rings is 1. The summed E-state index contributed by atoms with van der Waals surface area (Å²) in [5.41, 5.74) is 0. The second kappa shape index (κ2) is 3.55. The van der Waals surface area contributed by atoms with E-state index in [4.69, 9.17) is 9.47 Å².